The molecule has 0 bridgehead atoms. The summed E-state index contributed by atoms with van der Waals surface area (Å²) in [5.41, 5.74) is 2.83. The number of aryl methyl sites for hydroxylation is 2. The molecule has 3 rings (SSSR count). The Kier molecular flexibility index (Phi) is 5.77. The Morgan fingerprint density at radius 3 is 2.29 bits per heavy atom. The Morgan fingerprint density at radius 2 is 1.71 bits per heavy atom. The second kappa shape index (κ2) is 8.09. The summed E-state index contributed by atoms with van der Waals surface area (Å²) in [5.74, 6) is 0.206. The van der Waals surface area contributed by atoms with Crippen LogP contribution in [0.15, 0.2) is 36.4 Å². The van der Waals surface area contributed by atoms with Gasteiger partial charge in [0.05, 0.1) is 18.2 Å². The summed E-state index contributed by atoms with van der Waals surface area (Å²) in [7, 11) is 0. The van der Waals surface area contributed by atoms with E-state index in [1.807, 2.05) is 6.07 Å². The van der Waals surface area contributed by atoms with Gasteiger partial charge >= 0.3 is 0 Å². The molecule has 2 aromatic rings. The van der Waals surface area contributed by atoms with E-state index in [4.69, 9.17) is 14.7 Å². The molecule has 4 atom stereocenters. The highest BCUT2D eigenvalue weighted by molar-refractivity contribution is 6.10. The lowest BCUT2D eigenvalue weighted by atomic mass is 9.94. The summed E-state index contributed by atoms with van der Waals surface area (Å²) in [5, 5.41) is 38.2. The van der Waals surface area contributed by atoms with Crippen molar-refractivity contribution in [3.63, 3.8) is 0 Å². The van der Waals surface area contributed by atoms with Crippen molar-refractivity contribution in [3.8, 4) is 11.8 Å². The number of rotatable bonds is 4. The molecule has 0 saturated carbocycles. The van der Waals surface area contributed by atoms with Crippen molar-refractivity contribution < 1.29 is 29.6 Å². The minimum Gasteiger partial charge on any atom is -0.462 e. The van der Waals surface area contributed by atoms with Crippen molar-refractivity contribution in [3.05, 3.63) is 64.2 Å². The third-order valence-electron chi connectivity index (χ3n) is 4.72. The predicted molar refractivity (Wildman–Crippen MR) is 98.9 cm³/mol. The molecule has 7 heteroatoms. The first-order chi connectivity index (χ1) is 13.3. The molecule has 2 aromatic carbocycles. The number of aliphatic hydroxyl groups is 3. The van der Waals surface area contributed by atoms with E-state index in [1.165, 1.54) is 0 Å². The number of nitriles is 1. The zero-order valence-electron chi connectivity index (χ0n) is 15.5. The third kappa shape index (κ3) is 3.91. The fourth-order valence-corrected chi connectivity index (χ4v) is 3.21. The molecule has 0 radical (unpaired) electrons. The van der Waals surface area contributed by atoms with Crippen LogP contribution in [0, 0.1) is 25.2 Å². The molecule has 1 aliphatic heterocycles. The highest BCUT2D eigenvalue weighted by Crippen LogP contribution is 2.27. The lowest BCUT2D eigenvalue weighted by Crippen LogP contribution is -2.54. The first-order valence-corrected chi connectivity index (χ1v) is 8.80. The second-order valence-corrected chi connectivity index (χ2v) is 6.82. The lowest BCUT2D eigenvalue weighted by Gasteiger charge is -2.35. The van der Waals surface area contributed by atoms with E-state index in [1.54, 1.807) is 50.2 Å². The first kappa shape index (κ1) is 20.0. The monoisotopic (exact) mass is 383 g/mol. The predicted octanol–water partition coefficient (Wildman–Crippen LogP) is 1.22. The van der Waals surface area contributed by atoms with Crippen LogP contribution in [0.4, 0.5) is 0 Å². The number of ether oxygens (including phenoxy) is 2. The summed E-state index contributed by atoms with van der Waals surface area (Å²) in [6.07, 6.45) is -5.06. The molecule has 0 aliphatic carbocycles. The van der Waals surface area contributed by atoms with Gasteiger partial charge in [0, 0.05) is 11.1 Å². The number of nitrogens with zero attached hydrogens (tertiary/aromatic N) is 1. The maximum Gasteiger partial charge on any atom is 0.228 e. The van der Waals surface area contributed by atoms with Crippen molar-refractivity contribution >= 4 is 5.78 Å². The van der Waals surface area contributed by atoms with Gasteiger partial charge in [0.15, 0.2) is 5.78 Å². The van der Waals surface area contributed by atoms with Gasteiger partial charge in [-0.1, -0.05) is 0 Å². The van der Waals surface area contributed by atoms with Gasteiger partial charge < -0.3 is 24.8 Å². The first-order valence-electron chi connectivity index (χ1n) is 8.80. The van der Waals surface area contributed by atoms with Crippen LogP contribution in [0.2, 0.25) is 0 Å². The van der Waals surface area contributed by atoms with E-state index in [0.29, 0.717) is 33.6 Å². The van der Waals surface area contributed by atoms with Crippen LogP contribution in [0.25, 0.3) is 0 Å². The molecule has 1 heterocycles. The second-order valence-electron chi connectivity index (χ2n) is 6.82. The summed E-state index contributed by atoms with van der Waals surface area (Å²) in [6.45, 7) is 3.39. The maximum atomic E-state index is 12.9. The van der Waals surface area contributed by atoms with Crippen LogP contribution < -0.4 is 4.74 Å². The Hall–Kier alpha value is -2.76. The molecular formula is C21H21NO6. The minimum absolute atomic E-state index is 0.157. The molecule has 3 N–H and O–H groups in total. The number of hydrogen-bond donors (Lipinski definition) is 3. The molecule has 1 aliphatic rings. The number of carbonyl (C=O) groups excluding carboxylic acids is 1. The number of carbonyl (C=O) groups is 1. The largest absolute Gasteiger partial charge is 0.462 e. The van der Waals surface area contributed by atoms with Gasteiger partial charge in [0.25, 0.3) is 0 Å². The quantitative estimate of drug-likeness (QED) is 0.679. The fourth-order valence-electron chi connectivity index (χ4n) is 3.21. The Bertz CT molecular complexity index is 894. The molecule has 146 valence electrons. The van der Waals surface area contributed by atoms with Crippen LogP contribution in [0.1, 0.15) is 32.6 Å². The van der Waals surface area contributed by atoms with E-state index < -0.39 is 24.6 Å². The van der Waals surface area contributed by atoms with Crippen LogP contribution in [-0.4, -0.2) is 52.3 Å². The molecule has 0 amide bonds. The highest BCUT2D eigenvalue weighted by atomic mass is 16.7. The highest BCUT2D eigenvalue weighted by Gasteiger charge is 2.39. The molecular weight excluding hydrogens is 362 g/mol. The Labute approximate surface area is 162 Å². The van der Waals surface area contributed by atoms with Crippen LogP contribution in [-0.2, 0) is 4.74 Å². The van der Waals surface area contributed by atoms with Crippen LogP contribution >= 0.6 is 0 Å². The van der Waals surface area contributed by atoms with Crippen molar-refractivity contribution in [2.45, 2.75) is 38.4 Å². The van der Waals surface area contributed by atoms with Gasteiger partial charge in [-0.2, -0.15) is 5.26 Å². The average Bonchev–Trinajstić information content (AvgIpc) is 2.68. The molecule has 1 fully saturated rings. The molecule has 0 unspecified atom stereocenters. The summed E-state index contributed by atoms with van der Waals surface area (Å²) in [4.78, 5) is 12.9. The van der Waals surface area contributed by atoms with E-state index in [0.717, 1.165) is 0 Å². The van der Waals surface area contributed by atoms with Gasteiger partial charge in [-0.25, -0.2) is 0 Å². The standard InChI is InChI=1S/C21H21NO6/c1-11-7-15(28-21-20(26)19(25)16(23)10-27-21)8-12(2)17(11)18(24)14-5-3-13(9-22)4-6-14/h3-8,16,19-21,23,25-26H,10H2,1-2H3/t16-,19+,20-,21-/m0/s1. The SMILES string of the molecule is Cc1cc(O[C@@H]2OC[C@H](O)[C@@H](O)[C@@H]2O)cc(C)c1C(=O)c1ccc(C#N)cc1. The summed E-state index contributed by atoms with van der Waals surface area (Å²) < 4.78 is 10.9. The average molecular weight is 383 g/mol. The number of aliphatic hydroxyl groups excluding tert-OH is 3. The minimum atomic E-state index is -1.40. The summed E-state index contributed by atoms with van der Waals surface area (Å²) in [6, 6.07) is 11.7. The van der Waals surface area contributed by atoms with Crippen molar-refractivity contribution in [1.29, 1.82) is 5.26 Å². The van der Waals surface area contributed by atoms with Gasteiger partial charge in [-0.15, -0.1) is 0 Å². The van der Waals surface area contributed by atoms with E-state index in [9.17, 15) is 20.1 Å². The number of benzene rings is 2. The molecule has 0 aromatic heterocycles. The van der Waals surface area contributed by atoms with E-state index >= 15 is 0 Å². The number of hydrogen-bond acceptors (Lipinski definition) is 7. The van der Waals surface area contributed by atoms with Crippen LogP contribution in [0.3, 0.4) is 0 Å². The molecule has 1 saturated heterocycles. The van der Waals surface area contributed by atoms with Gasteiger partial charge in [-0.3, -0.25) is 4.79 Å². The zero-order chi connectivity index (χ0) is 20.4. The molecule has 7 nitrogen and oxygen atoms in total. The van der Waals surface area contributed by atoms with E-state index in [2.05, 4.69) is 0 Å². The lowest BCUT2D eigenvalue weighted by molar-refractivity contribution is -0.242. The van der Waals surface area contributed by atoms with Gasteiger partial charge in [0.1, 0.15) is 24.1 Å². The maximum absolute atomic E-state index is 12.9. The molecule has 28 heavy (non-hydrogen) atoms. The van der Waals surface area contributed by atoms with Crippen molar-refractivity contribution in [2.75, 3.05) is 6.61 Å². The van der Waals surface area contributed by atoms with Gasteiger partial charge in [0.2, 0.25) is 6.29 Å². The Morgan fingerprint density at radius 1 is 1.11 bits per heavy atom. The zero-order valence-corrected chi connectivity index (χ0v) is 15.5. The molecule has 0 spiro atoms. The Balaban J connectivity index is 1.82. The smallest absolute Gasteiger partial charge is 0.228 e. The normalized spacial score (nSPS) is 24.4. The number of ketones is 1. The van der Waals surface area contributed by atoms with E-state index in [-0.39, 0.29) is 12.4 Å². The third-order valence-corrected chi connectivity index (χ3v) is 4.72. The van der Waals surface area contributed by atoms with Crippen molar-refractivity contribution in [2.24, 2.45) is 0 Å². The van der Waals surface area contributed by atoms with Crippen molar-refractivity contribution in [1.82, 2.24) is 0 Å². The topological polar surface area (TPSA) is 120 Å². The fraction of sp³-hybridized carbons (Fsp3) is 0.333. The van der Waals surface area contributed by atoms with Gasteiger partial charge in [-0.05, 0) is 61.4 Å². The van der Waals surface area contributed by atoms with Crippen LogP contribution in [0.5, 0.6) is 5.75 Å². The summed E-state index contributed by atoms with van der Waals surface area (Å²) >= 11 is 0.